The maximum absolute atomic E-state index is 12.5. The number of carbonyl (C=O) groups excluding carboxylic acids is 1. The first-order valence-corrected chi connectivity index (χ1v) is 9.64. The van der Waals surface area contributed by atoms with Crippen LogP contribution in [-0.2, 0) is 14.9 Å². The van der Waals surface area contributed by atoms with E-state index >= 15 is 0 Å². The third kappa shape index (κ3) is 2.81. The minimum absolute atomic E-state index is 0.116. The molecule has 0 aromatic heterocycles. The molecule has 2 N–H and O–H groups in total. The molecule has 0 atom stereocenters. The predicted molar refractivity (Wildman–Crippen MR) is 101 cm³/mol. The van der Waals surface area contributed by atoms with Crippen molar-refractivity contribution in [3.8, 4) is 0 Å². The van der Waals surface area contributed by atoms with Gasteiger partial charge < -0.3 is 5.11 Å². The Morgan fingerprint density at radius 1 is 0.778 bits per heavy atom. The molecule has 0 saturated carbocycles. The molecule has 0 unspecified atom stereocenters. The van der Waals surface area contributed by atoms with Gasteiger partial charge in [0.05, 0.1) is 6.42 Å². The lowest BCUT2D eigenvalue weighted by Crippen LogP contribution is -2.05. The Hall–Kier alpha value is -3.03. The summed E-state index contributed by atoms with van der Waals surface area (Å²) in [6.45, 7) is 0. The summed E-state index contributed by atoms with van der Waals surface area (Å²) < 4.78 is 33.0. The summed E-state index contributed by atoms with van der Waals surface area (Å²) in [7, 11) is -4.40. The zero-order chi connectivity index (χ0) is 19.3. The molecule has 0 bridgehead atoms. The Morgan fingerprint density at radius 3 is 1.96 bits per heavy atom. The van der Waals surface area contributed by atoms with Gasteiger partial charge in [-0.2, -0.15) is 8.42 Å². The Kier molecular flexibility index (Phi) is 3.87. The first-order chi connectivity index (χ1) is 12.8. The van der Waals surface area contributed by atoms with Crippen molar-refractivity contribution in [2.24, 2.45) is 0 Å². The van der Waals surface area contributed by atoms with Crippen LogP contribution in [0.1, 0.15) is 23.2 Å². The molecule has 7 heteroatoms. The first-order valence-electron chi connectivity index (χ1n) is 8.20. The van der Waals surface area contributed by atoms with Crippen molar-refractivity contribution in [2.45, 2.75) is 17.7 Å². The average Bonchev–Trinajstić information content (AvgIpc) is 2.62. The Morgan fingerprint density at radius 2 is 1.33 bits per heavy atom. The van der Waals surface area contributed by atoms with Gasteiger partial charge in [0.15, 0.2) is 5.78 Å². The number of Topliss-reactive ketones (excluding diaryl/α,β-unsaturated/α-hetero) is 1. The summed E-state index contributed by atoms with van der Waals surface area (Å²) in [5.41, 5.74) is 0.399. The molecule has 136 valence electrons. The number of carboxylic acids is 1. The van der Waals surface area contributed by atoms with E-state index in [0.717, 1.165) is 16.2 Å². The minimum atomic E-state index is -4.40. The third-order valence-electron chi connectivity index (χ3n) is 4.77. The monoisotopic (exact) mass is 382 g/mol. The van der Waals surface area contributed by atoms with Crippen molar-refractivity contribution in [2.75, 3.05) is 0 Å². The van der Waals surface area contributed by atoms with E-state index in [-0.39, 0.29) is 23.5 Å². The molecular formula is C20H14O6S. The van der Waals surface area contributed by atoms with Gasteiger partial charge in [-0.05, 0) is 33.0 Å². The second kappa shape index (κ2) is 6.00. The molecule has 4 aromatic carbocycles. The summed E-state index contributed by atoms with van der Waals surface area (Å²) >= 11 is 0. The lowest BCUT2D eigenvalue weighted by Gasteiger charge is -2.14. The molecule has 0 saturated heterocycles. The number of carboxylic acid groups (broad SMARTS) is 1. The van der Waals surface area contributed by atoms with Gasteiger partial charge in [0.25, 0.3) is 10.1 Å². The van der Waals surface area contributed by atoms with E-state index in [1.165, 1.54) is 6.07 Å². The van der Waals surface area contributed by atoms with E-state index in [9.17, 15) is 22.6 Å². The van der Waals surface area contributed by atoms with Crippen LogP contribution in [0.3, 0.4) is 0 Å². The molecule has 4 rings (SSSR count). The van der Waals surface area contributed by atoms with E-state index in [0.29, 0.717) is 21.7 Å². The summed E-state index contributed by atoms with van der Waals surface area (Å²) in [5, 5.41) is 12.8. The second-order valence-corrected chi connectivity index (χ2v) is 7.78. The summed E-state index contributed by atoms with van der Waals surface area (Å²) in [4.78, 5) is 23.1. The van der Waals surface area contributed by atoms with E-state index in [1.54, 1.807) is 42.5 Å². The molecule has 0 aliphatic heterocycles. The van der Waals surface area contributed by atoms with E-state index < -0.39 is 16.1 Å². The topological polar surface area (TPSA) is 109 Å². The van der Waals surface area contributed by atoms with Crippen LogP contribution >= 0.6 is 0 Å². The molecule has 27 heavy (non-hydrogen) atoms. The maximum Gasteiger partial charge on any atom is 0.303 e. The Labute approximate surface area is 154 Å². The van der Waals surface area contributed by atoms with Crippen molar-refractivity contribution >= 4 is 54.2 Å². The zero-order valence-electron chi connectivity index (χ0n) is 14.0. The number of carbonyl (C=O) groups is 2. The van der Waals surface area contributed by atoms with Crippen LogP contribution in [0.15, 0.2) is 53.4 Å². The Balaban J connectivity index is 2.06. The van der Waals surface area contributed by atoms with Gasteiger partial charge in [-0.3, -0.25) is 14.1 Å². The fourth-order valence-electron chi connectivity index (χ4n) is 3.60. The highest BCUT2D eigenvalue weighted by atomic mass is 32.2. The SMILES string of the molecule is O=C(O)CCC(=O)c1ccc2ccc3c(S(=O)(=O)O)ccc4ccc1c2c43. The predicted octanol–water partition coefficient (Wildman–Crippen LogP) is 3.88. The molecule has 0 radical (unpaired) electrons. The number of aliphatic carboxylic acids is 1. The van der Waals surface area contributed by atoms with E-state index in [2.05, 4.69) is 0 Å². The number of hydrogen-bond donors (Lipinski definition) is 2. The number of ketones is 1. The standard InChI is InChI=1S/C20H14O6S/c21-16(8-10-18(22)23)13-5-1-11-3-7-15-17(27(24,25)26)9-4-12-2-6-14(13)19(11)20(12)15/h1-7,9H,8,10H2,(H,22,23)(H,24,25,26). The van der Waals surface area contributed by atoms with Crippen LogP contribution in [-0.4, -0.2) is 29.8 Å². The van der Waals surface area contributed by atoms with Crippen molar-refractivity contribution in [1.82, 2.24) is 0 Å². The van der Waals surface area contributed by atoms with Crippen molar-refractivity contribution in [1.29, 1.82) is 0 Å². The zero-order valence-corrected chi connectivity index (χ0v) is 14.8. The molecule has 0 amide bonds. The fraction of sp³-hybridized carbons (Fsp3) is 0.100. The largest absolute Gasteiger partial charge is 0.481 e. The van der Waals surface area contributed by atoms with Gasteiger partial charge in [0, 0.05) is 17.4 Å². The van der Waals surface area contributed by atoms with Crippen LogP contribution in [0, 0.1) is 0 Å². The van der Waals surface area contributed by atoms with Crippen LogP contribution < -0.4 is 0 Å². The van der Waals surface area contributed by atoms with Gasteiger partial charge in [-0.25, -0.2) is 0 Å². The molecule has 0 spiro atoms. The molecular weight excluding hydrogens is 368 g/mol. The van der Waals surface area contributed by atoms with Crippen LogP contribution in [0.25, 0.3) is 32.3 Å². The average molecular weight is 382 g/mol. The molecule has 6 nitrogen and oxygen atoms in total. The highest BCUT2D eigenvalue weighted by Gasteiger charge is 2.20. The first kappa shape index (κ1) is 17.4. The molecule has 0 fully saturated rings. The lowest BCUT2D eigenvalue weighted by molar-refractivity contribution is -0.136. The normalized spacial score (nSPS) is 12.2. The van der Waals surface area contributed by atoms with Crippen molar-refractivity contribution in [3.05, 3.63) is 54.1 Å². The third-order valence-corrected chi connectivity index (χ3v) is 5.68. The molecule has 4 aromatic rings. The number of rotatable bonds is 5. The van der Waals surface area contributed by atoms with E-state index in [4.69, 9.17) is 5.11 Å². The van der Waals surface area contributed by atoms with Crippen molar-refractivity contribution in [3.63, 3.8) is 0 Å². The fourth-order valence-corrected chi connectivity index (χ4v) is 4.29. The number of benzene rings is 4. The quantitative estimate of drug-likeness (QED) is 0.308. The Bertz CT molecular complexity index is 1340. The number of hydrogen-bond acceptors (Lipinski definition) is 4. The summed E-state index contributed by atoms with van der Waals surface area (Å²) in [6, 6.07) is 13.3. The molecule has 0 heterocycles. The van der Waals surface area contributed by atoms with Crippen molar-refractivity contribution < 1.29 is 27.7 Å². The van der Waals surface area contributed by atoms with Crippen LogP contribution in [0.5, 0.6) is 0 Å². The summed E-state index contributed by atoms with van der Waals surface area (Å²) in [5.74, 6) is -1.33. The maximum atomic E-state index is 12.5. The van der Waals surface area contributed by atoms with Crippen LogP contribution in [0.4, 0.5) is 0 Å². The van der Waals surface area contributed by atoms with E-state index in [1.807, 2.05) is 0 Å². The second-order valence-electron chi connectivity index (χ2n) is 6.39. The summed E-state index contributed by atoms with van der Waals surface area (Å²) in [6.07, 6.45) is -0.372. The highest BCUT2D eigenvalue weighted by molar-refractivity contribution is 7.86. The van der Waals surface area contributed by atoms with Crippen LogP contribution in [0.2, 0.25) is 0 Å². The molecule has 0 aliphatic rings. The minimum Gasteiger partial charge on any atom is -0.481 e. The van der Waals surface area contributed by atoms with Gasteiger partial charge >= 0.3 is 5.97 Å². The lowest BCUT2D eigenvalue weighted by atomic mass is 9.90. The van der Waals surface area contributed by atoms with Gasteiger partial charge in [-0.1, -0.05) is 42.5 Å². The van der Waals surface area contributed by atoms with Gasteiger partial charge in [0.1, 0.15) is 4.90 Å². The highest BCUT2D eigenvalue weighted by Crippen LogP contribution is 2.38. The van der Waals surface area contributed by atoms with Gasteiger partial charge in [0.2, 0.25) is 0 Å². The molecule has 0 aliphatic carbocycles. The smallest absolute Gasteiger partial charge is 0.303 e. The van der Waals surface area contributed by atoms with Gasteiger partial charge in [-0.15, -0.1) is 0 Å².